The molecule has 5 aromatic rings. The van der Waals surface area contributed by atoms with Crippen molar-refractivity contribution in [3.63, 3.8) is 0 Å². The molecule has 2 N–H and O–H groups in total. The normalized spacial score (nSPS) is 15.7. The van der Waals surface area contributed by atoms with Gasteiger partial charge in [0.05, 0.1) is 11.2 Å². The highest BCUT2D eigenvalue weighted by molar-refractivity contribution is 7.90. The Morgan fingerprint density at radius 1 is 1.08 bits per heavy atom. The Kier molecular flexibility index (Phi) is 5.85. The molecule has 0 saturated carbocycles. The summed E-state index contributed by atoms with van der Waals surface area (Å²) >= 11 is 1.09. The number of hydrogen-bond donors (Lipinski definition) is 1. The van der Waals surface area contributed by atoms with Gasteiger partial charge in [0.15, 0.2) is 26.9 Å². The van der Waals surface area contributed by atoms with Crippen molar-refractivity contribution < 1.29 is 12.8 Å². The molecule has 11 nitrogen and oxygen atoms in total. The molecule has 192 valence electrons. The molecule has 1 aliphatic heterocycles. The first-order valence-corrected chi connectivity index (χ1v) is 14.6. The lowest BCUT2D eigenvalue weighted by Crippen LogP contribution is -2.36. The molecule has 0 atom stereocenters. The van der Waals surface area contributed by atoms with Gasteiger partial charge in [-0.3, -0.25) is 9.36 Å². The van der Waals surface area contributed by atoms with Crippen LogP contribution in [0.5, 0.6) is 0 Å². The van der Waals surface area contributed by atoms with E-state index in [2.05, 4.69) is 20.0 Å². The van der Waals surface area contributed by atoms with Gasteiger partial charge in [-0.15, -0.1) is 5.10 Å². The predicted octanol–water partition coefficient (Wildman–Crippen LogP) is 2.63. The van der Waals surface area contributed by atoms with Gasteiger partial charge >= 0.3 is 4.87 Å². The molecule has 37 heavy (non-hydrogen) atoms. The number of nitrogen functional groups attached to an aromatic ring is 1. The molecule has 0 radical (unpaired) electrons. The van der Waals surface area contributed by atoms with Gasteiger partial charge in [-0.1, -0.05) is 23.5 Å². The Morgan fingerprint density at radius 2 is 1.84 bits per heavy atom. The van der Waals surface area contributed by atoms with E-state index < -0.39 is 9.84 Å². The number of benzene rings is 1. The van der Waals surface area contributed by atoms with Gasteiger partial charge < -0.3 is 15.1 Å². The van der Waals surface area contributed by atoms with Gasteiger partial charge in [0.1, 0.15) is 4.70 Å². The first-order chi connectivity index (χ1) is 17.8. The average molecular weight is 540 g/mol. The Hall–Kier alpha value is -3.55. The molecule has 6 rings (SSSR count). The van der Waals surface area contributed by atoms with Crippen LogP contribution in [-0.2, 0) is 16.4 Å². The van der Waals surface area contributed by atoms with Crippen molar-refractivity contribution in [3.05, 3.63) is 57.9 Å². The third kappa shape index (κ3) is 4.43. The minimum absolute atomic E-state index is 0.113. The van der Waals surface area contributed by atoms with E-state index in [9.17, 15) is 13.2 Å². The molecular weight excluding hydrogens is 514 g/mol. The molecule has 4 aromatic heterocycles. The highest BCUT2D eigenvalue weighted by Crippen LogP contribution is 2.29. The number of rotatable bonds is 6. The van der Waals surface area contributed by atoms with Crippen molar-refractivity contribution in [1.29, 1.82) is 0 Å². The van der Waals surface area contributed by atoms with Gasteiger partial charge in [0.2, 0.25) is 11.8 Å². The topological polar surface area (TPSA) is 142 Å². The minimum Gasteiger partial charge on any atom is -0.461 e. The largest absolute Gasteiger partial charge is 0.461 e. The number of anilines is 1. The monoisotopic (exact) mass is 539 g/mol. The maximum atomic E-state index is 12.9. The van der Waals surface area contributed by atoms with Gasteiger partial charge in [-0.05, 0) is 61.7 Å². The second-order valence-electron chi connectivity index (χ2n) is 9.25. The molecule has 1 fully saturated rings. The first kappa shape index (κ1) is 23.8. The minimum atomic E-state index is -3.19. The van der Waals surface area contributed by atoms with Crippen molar-refractivity contribution in [2.75, 3.05) is 31.6 Å². The average Bonchev–Trinajstić information content (AvgIpc) is 3.62. The van der Waals surface area contributed by atoms with E-state index >= 15 is 0 Å². The molecule has 0 unspecified atom stereocenters. The molecule has 0 amide bonds. The van der Waals surface area contributed by atoms with Gasteiger partial charge in [-0.25, -0.2) is 13.4 Å². The van der Waals surface area contributed by atoms with Crippen LogP contribution in [0, 0.1) is 0 Å². The summed E-state index contributed by atoms with van der Waals surface area (Å²) < 4.78 is 32.6. The summed E-state index contributed by atoms with van der Waals surface area (Å²) in [6.07, 6.45) is 4.71. The van der Waals surface area contributed by atoms with Gasteiger partial charge in [0, 0.05) is 19.3 Å². The van der Waals surface area contributed by atoms with Gasteiger partial charge in [-0.2, -0.15) is 9.50 Å². The van der Waals surface area contributed by atoms with Crippen LogP contribution in [0.25, 0.3) is 27.6 Å². The zero-order valence-electron chi connectivity index (χ0n) is 20.1. The number of thiazole rings is 1. The summed E-state index contributed by atoms with van der Waals surface area (Å²) in [5.41, 5.74) is 8.34. The Bertz CT molecular complexity index is 1740. The number of nitrogens with two attached hydrogens (primary N) is 1. The third-order valence-corrected chi connectivity index (χ3v) is 8.96. The first-order valence-electron chi connectivity index (χ1n) is 11.9. The molecule has 13 heteroatoms. The second-order valence-corrected chi connectivity index (χ2v) is 12.2. The van der Waals surface area contributed by atoms with Crippen LogP contribution >= 0.6 is 11.3 Å². The number of nitrogens with zero attached hydrogens (tertiary/aromatic N) is 6. The summed E-state index contributed by atoms with van der Waals surface area (Å²) in [5, 5.41) is 4.39. The van der Waals surface area contributed by atoms with E-state index in [4.69, 9.17) is 10.2 Å². The molecule has 0 bridgehead atoms. The number of aromatic nitrogens is 5. The highest BCUT2D eigenvalue weighted by atomic mass is 32.2. The van der Waals surface area contributed by atoms with E-state index in [1.807, 2.05) is 12.1 Å². The maximum Gasteiger partial charge on any atom is 0.309 e. The van der Waals surface area contributed by atoms with Crippen LogP contribution < -0.4 is 10.6 Å². The smallest absolute Gasteiger partial charge is 0.309 e. The summed E-state index contributed by atoms with van der Waals surface area (Å²) in [4.78, 5) is 24.5. The van der Waals surface area contributed by atoms with Crippen LogP contribution in [0.2, 0.25) is 0 Å². The lowest BCUT2D eigenvalue weighted by atomic mass is 9.89. The zero-order valence-corrected chi connectivity index (χ0v) is 21.7. The third-order valence-electron chi connectivity index (χ3n) is 6.86. The van der Waals surface area contributed by atoms with Crippen LogP contribution in [-0.4, -0.2) is 63.4 Å². The second kappa shape index (κ2) is 9.08. The fourth-order valence-electron chi connectivity index (χ4n) is 4.85. The van der Waals surface area contributed by atoms with Crippen molar-refractivity contribution in [2.45, 2.75) is 30.2 Å². The van der Waals surface area contributed by atoms with Crippen LogP contribution in [0.1, 0.15) is 24.3 Å². The van der Waals surface area contributed by atoms with E-state index in [0.717, 1.165) is 42.8 Å². The summed E-state index contributed by atoms with van der Waals surface area (Å²) in [6, 6.07) is 10.7. The molecular formula is C24H25N7O4S2. The quantitative estimate of drug-likeness (QED) is 0.345. The molecule has 0 aliphatic carbocycles. The van der Waals surface area contributed by atoms with Crippen molar-refractivity contribution in [2.24, 2.45) is 0 Å². The Labute approximate surface area is 216 Å². The molecule has 1 aromatic carbocycles. The predicted molar refractivity (Wildman–Crippen MR) is 141 cm³/mol. The fraction of sp³-hybridized carbons (Fsp3) is 0.333. The van der Waals surface area contributed by atoms with Crippen LogP contribution in [0.15, 0.2) is 56.8 Å². The molecule has 1 aliphatic rings. The lowest BCUT2D eigenvalue weighted by Gasteiger charge is -2.32. The molecule has 0 spiro atoms. The molecule has 1 saturated heterocycles. The van der Waals surface area contributed by atoms with Crippen molar-refractivity contribution >= 4 is 43.1 Å². The number of hydrogen-bond acceptors (Lipinski definition) is 10. The Balaban J connectivity index is 1.17. The van der Waals surface area contributed by atoms with Gasteiger partial charge in [0.25, 0.3) is 0 Å². The van der Waals surface area contributed by atoms with Crippen molar-refractivity contribution in [3.8, 4) is 11.6 Å². The number of piperidine rings is 1. The summed E-state index contributed by atoms with van der Waals surface area (Å²) in [7, 11) is -3.19. The van der Waals surface area contributed by atoms with Crippen LogP contribution in [0.3, 0.4) is 0 Å². The Morgan fingerprint density at radius 3 is 2.51 bits per heavy atom. The lowest BCUT2D eigenvalue weighted by molar-refractivity contribution is 0.205. The SMILES string of the molecule is CS(=O)(=O)c1ccc(C2CCN(CCn3c(=O)sc4c3nc(N)n3nc(-c5ccco5)nc43)CC2)cc1. The summed E-state index contributed by atoms with van der Waals surface area (Å²) in [5.74, 6) is 1.44. The highest BCUT2D eigenvalue weighted by Gasteiger charge is 2.23. The number of fused-ring (bicyclic) bond motifs is 3. The maximum absolute atomic E-state index is 12.9. The number of sulfone groups is 1. The number of likely N-dealkylation sites (tertiary alicyclic amines) is 1. The standard InChI is InChI=1S/C24H25N7O4S2/c1-37(33,34)17-6-4-15(5-7-17)16-8-10-29(11-9-16)12-13-30-21-19(36-24(30)32)22-26-20(18-3-2-14-35-18)28-31(22)23(25)27-21/h2-7,14,16H,8-13H2,1H3,(H2,25,27). The molecule has 5 heterocycles. The van der Waals surface area contributed by atoms with E-state index in [-0.39, 0.29) is 10.8 Å². The fourth-order valence-corrected chi connectivity index (χ4v) is 6.42. The summed E-state index contributed by atoms with van der Waals surface area (Å²) in [6.45, 7) is 2.99. The van der Waals surface area contributed by atoms with E-state index in [0.29, 0.717) is 51.5 Å². The van der Waals surface area contributed by atoms with Crippen LogP contribution in [0.4, 0.5) is 5.95 Å². The van der Waals surface area contributed by atoms with Crippen molar-refractivity contribution in [1.82, 2.24) is 29.0 Å². The number of furan rings is 1. The zero-order chi connectivity index (χ0) is 25.7. The van der Waals surface area contributed by atoms with E-state index in [1.165, 1.54) is 10.8 Å². The van der Waals surface area contributed by atoms with E-state index in [1.54, 1.807) is 35.1 Å².